The lowest BCUT2D eigenvalue weighted by Crippen LogP contribution is -2.40. The molecule has 0 rings (SSSR count). The summed E-state index contributed by atoms with van der Waals surface area (Å²) in [6.07, 6.45) is 21.4. The summed E-state index contributed by atoms with van der Waals surface area (Å²) < 4.78 is 22.5. The molecule has 9 nitrogen and oxygen atoms in total. The molecular weight excluding hydrogens is 562 g/mol. The number of quaternary nitrogens is 1. The Labute approximate surface area is 268 Å². The summed E-state index contributed by atoms with van der Waals surface area (Å²) in [4.78, 5) is 36.6. The topological polar surface area (TPSA) is 108 Å². The molecule has 0 aromatic rings. The number of carbonyl (C=O) groups excluding carboxylic acids is 2. The van der Waals surface area contributed by atoms with E-state index in [2.05, 4.69) is 26.0 Å². The maximum absolute atomic E-state index is 12.6. The van der Waals surface area contributed by atoms with Gasteiger partial charge in [0.2, 0.25) is 0 Å². The molecule has 258 valence electrons. The Morgan fingerprint density at radius 1 is 0.659 bits per heavy atom. The fourth-order valence-electron chi connectivity index (χ4n) is 4.48. The lowest BCUT2D eigenvalue weighted by molar-refractivity contribution is -0.870. The minimum atomic E-state index is -1.50. The molecule has 0 fully saturated rings. The number of esters is 2. The smallest absolute Gasteiger partial charge is 0.361 e. The Kier molecular flexibility index (Phi) is 27.2. The monoisotopic (exact) mass is 628 g/mol. The van der Waals surface area contributed by atoms with Crippen LogP contribution in [0.25, 0.3) is 0 Å². The standard InChI is InChI=1S/C35H65NO8/c1-6-8-10-12-14-16-18-20-22-24-26-33(38)44-31(30-43-35(34(39)40)41-28-27-36(3,4)5)29-42-32(37)25-23-21-19-17-15-13-11-9-7-2/h10,12,31,35H,6-9,11,13-30H2,1-5H3/p+1/b12-10-. The van der Waals surface area contributed by atoms with Crippen LogP contribution in [-0.4, -0.2) is 87.4 Å². The molecule has 0 bridgehead atoms. The SMILES string of the molecule is CCC/C=C\CCCCCCCC(=O)OC(COC(=O)CCCCCCCCCCC)COC(OCC[N+](C)(C)C)C(=O)O. The van der Waals surface area contributed by atoms with Crippen molar-refractivity contribution in [2.45, 2.75) is 148 Å². The maximum Gasteiger partial charge on any atom is 0.361 e. The highest BCUT2D eigenvalue weighted by molar-refractivity contribution is 5.71. The van der Waals surface area contributed by atoms with Crippen molar-refractivity contribution in [1.82, 2.24) is 0 Å². The molecule has 2 atom stereocenters. The van der Waals surface area contributed by atoms with E-state index in [0.717, 1.165) is 57.8 Å². The van der Waals surface area contributed by atoms with Crippen LogP contribution < -0.4 is 0 Å². The van der Waals surface area contributed by atoms with Gasteiger partial charge in [-0.3, -0.25) is 9.59 Å². The van der Waals surface area contributed by atoms with Crippen molar-refractivity contribution < 1.29 is 42.9 Å². The van der Waals surface area contributed by atoms with Crippen LogP contribution >= 0.6 is 0 Å². The molecule has 0 aliphatic heterocycles. The Morgan fingerprint density at radius 3 is 1.77 bits per heavy atom. The number of rotatable bonds is 31. The fourth-order valence-corrected chi connectivity index (χ4v) is 4.48. The molecule has 0 saturated heterocycles. The van der Waals surface area contributed by atoms with Gasteiger partial charge in [-0.1, -0.05) is 103 Å². The van der Waals surface area contributed by atoms with E-state index < -0.39 is 24.3 Å². The average Bonchev–Trinajstić information content (AvgIpc) is 2.96. The largest absolute Gasteiger partial charge is 0.477 e. The van der Waals surface area contributed by atoms with Gasteiger partial charge in [-0.25, -0.2) is 4.79 Å². The summed E-state index contributed by atoms with van der Waals surface area (Å²) in [6, 6.07) is 0. The number of unbranched alkanes of at least 4 members (excludes halogenated alkanes) is 14. The average molecular weight is 629 g/mol. The van der Waals surface area contributed by atoms with Crippen LogP contribution in [0.15, 0.2) is 12.2 Å². The third kappa shape index (κ3) is 28.8. The number of nitrogens with zero attached hydrogens (tertiary/aromatic N) is 1. The van der Waals surface area contributed by atoms with Gasteiger partial charge >= 0.3 is 17.9 Å². The van der Waals surface area contributed by atoms with E-state index in [1.165, 1.54) is 44.9 Å². The number of hydrogen-bond acceptors (Lipinski definition) is 7. The molecule has 0 amide bonds. The summed E-state index contributed by atoms with van der Waals surface area (Å²) in [5.74, 6) is -2.03. The van der Waals surface area contributed by atoms with E-state index in [-0.39, 0.29) is 32.2 Å². The minimum absolute atomic E-state index is 0.182. The summed E-state index contributed by atoms with van der Waals surface area (Å²) >= 11 is 0. The van der Waals surface area contributed by atoms with E-state index in [1.807, 2.05) is 21.1 Å². The molecule has 0 aromatic heterocycles. The highest BCUT2D eigenvalue weighted by atomic mass is 16.7. The molecule has 9 heteroatoms. The van der Waals surface area contributed by atoms with E-state index >= 15 is 0 Å². The van der Waals surface area contributed by atoms with Crippen LogP contribution in [0, 0.1) is 0 Å². The van der Waals surface area contributed by atoms with E-state index in [4.69, 9.17) is 18.9 Å². The number of likely N-dealkylation sites (N-methyl/N-ethyl adjacent to an activating group) is 1. The zero-order chi connectivity index (χ0) is 32.9. The molecule has 44 heavy (non-hydrogen) atoms. The summed E-state index contributed by atoms with van der Waals surface area (Å²) in [5, 5.41) is 9.53. The van der Waals surface area contributed by atoms with E-state index in [0.29, 0.717) is 23.9 Å². The van der Waals surface area contributed by atoms with Crippen molar-refractivity contribution in [3.8, 4) is 0 Å². The van der Waals surface area contributed by atoms with Crippen molar-refractivity contribution in [1.29, 1.82) is 0 Å². The van der Waals surface area contributed by atoms with Gasteiger partial charge in [0.25, 0.3) is 6.29 Å². The predicted molar refractivity (Wildman–Crippen MR) is 175 cm³/mol. The molecule has 0 aliphatic rings. The second kappa shape index (κ2) is 28.5. The van der Waals surface area contributed by atoms with Gasteiger partial charge in [0.15, 0.2) is 6.10 Å². The predicted octanol–water partition coefficient (Wildman–Crippen LogP) is 7.60. The lowest BCUT2D eigenvalue weighted by Gasteiger charge is -2.25. The number of carboxylic acids is 1. The number of allylic oxidation sites excluding steroid dienone is 2. The Hall–Kier alpha value is -1.97. The maximum atomic E-state index is 12.6. The first-order valence-corrected chi connectivity index (χ1v) is 17.4. The van der Waals surface area contributed by atoms with Crippen LogP contribution in [0.5, 0.6) is 0 Å². The van der Waals surface area contributed by atoms with Crippen molar-refractivity contribution in [2.24, 2.45) is 0 Å². The van der Waals surface area contributed by atoms with Gasteiger partial charge in [0.1, 0.15) is 13.2 Å². The molecule has 2 unspecified atom stereocenters. The molecular formula is C35H66NO8+. The zero-order valence-corrected chi connectivity index (χ0v) is 28.8. The number of carbonyl (C=O) groups is 3. The first-order valence-electron chi connectivity index (χ1n) is 17.4. The second-order valence-electron chi connectivity index (χ2n) is 12.8. The van der Waals surface area contributed by atoms with Gasteiger partial charge in [-0.05, 0) is 32.1 Å². The van der Waals surface area contributed by atoms with Crippen LogP contribution in [0.4, 0.5) is 0 Å². The first-order chi connectivity index (χ1) is 21.1. The van der Waals surface area contributed by atoms with Crippen LogP contribution in [0.1, 0.15) is 136 Å². The molecule has 0 heterocycles. The minimum Gasteiger partial charge on any atom is -0.477 e. The van der Waals surface area contributed by atoms with Gasteiger partial charge in [0.05, 0.1) is 34.4 Å². The molecule has 1 N–H and O–H groups in total. The summed E-state index contributed by atoms with van der Waals surface area (Å²) in [6.45, 7) is 4.74. The van der Waals surface area contributed by atoms with Gasteiger partial charge in [0, 0.05) is 12.8 Å². The first kappa shape index (κ1) is 42.0. The van der Waals surface area contributed by atoms with Crippen LogP contribution in [0.2, 0.25) is 0 Å². The molecule has 0 spiro atoms. The highest BCUT2D eigenvalue weighted by Gasteiger charge is 2.25. The fraction of sp³-hybridized carbons (Fsp3) is 0.857. The van der Waals surface area contributed by atoms with Crippen molar-refractivity contribution >= 4 is 17.9 Å². The summed E-state index contributed by atoms with van der Waals surface area (Å²) in [5.41, 5.74) is 0. The van der Waals surface area contributed by atoms with Crippen molar-refractivity contribution in [2.75, 3.05) is 47.5 Å². The van der Waals surface area contributed by atoms with Crippen molar-refractivity contribution in [3.63, 3.8) is 0 Å². The third-order valence-electron chi connectivity index (χ3n) is 7.25. The summed E-state index contributed by atoms with van der Waals surface area (Å²) in [7, 11) is 5.93. The van der Waals surface area contributed by atoms with Gasteiger partial charge in [-0.15, -0.1) is 0 Å². The van der Waals surface area contributed by atoms with Gasteiger partial charge < -0.3 is 28.5 Å². The van der Waals surface area contributed by atoms with E-state index in [9.17, 15) is 19.5 Å². The quantitative estimate of drug-likeness (QED) is 0.0275. The Morgan fingerprint density at radius 2 is 1.20 bits per heavy atom. The van der Waals surface area contributed by atoms with Crippen molar-refractivity contribution in [3.05, 3.63) is 12.2 Å². The van der Waals surface area contributed by atoms with E-state index in [1.54, 1.807) is 0 Å². The Bertz CT molecular complexity index is 750. The van der Waals surface area contributed by atoms with Gasteiger partial charge in [-0.2, -0.15) is 0 Å². The number of carboxylic acid groups (broad SMARTS) is 1. The Balaban J connectivity index is 4.62. The van der Waals surface area contributed by atoms with Crippen LogP contribution in [-0.2, 0) is 33.3 Å². The molecule has 0 aromatic carbocycles. The van der Waals surface area contributed by atoms with Crippen LogP contribution in [0.3, 0.4) is 0 Å². The second-order valence-corrected chi connectivity index (χ2v) is 12.8. The molecule has 0 saturated carbocycles. The zero-order valence-electron chi connectivity index (χ0n) is 28.8. The lowest BCUT2D eigenvalue weighted by atomic mass is 10.1. The third-order valence-corrected chi connectivity index (χ3v) is 7.25. The normalized spacial score (nSPS) is 13.2. The highest BCUT2D eigenvalue weighted by Crippen LogP contribution is 2.13. The molecule has 0 radical (unpaired) electrons. The molecule has 0 aliphatic carbocycles. The number of ether oxygens (including phenoxy) is 4. The number of aliphatic carboxylic acids is 1. The number of hydrogen-bond donors (Lipinski definition) is 1.